The number of anilines is 1. The van der Waals surface area contributed by atoms with Gasteiger partial charge in [0.2, 0.25) is 10.0 Å². The van der Waals surface area contributed by atoms with Crippen LogP contribution < -0.4 is 10.5 Å². The highest BCUT2D eigenvalue weighted by atomic mass is 32.2. The molecule has 0 amide bonds. The highest BCUT2D eigenvalue weighted by molar-refractivity contribution is 8.00. The van der Waals surface area contributed by atoms with Crippen LogP contribution in [0.25, 0.3) is 0 Å². The number of sulfonamides is 1. The molecule has 0 aliphatic carbocycles. The number of carbonyl (C=O) groups is 1. The largest absolute Gasteiger partial charge is 0.478 e. The monoisotopic (exact) mass is 330 g/mol. The number of hydrogen-bond donors (Lipinski definition) is 3. The number of benzene rings is 1. The van der Waals surface area contributed by atoms with Crippen LogP contribution in [-0.2, 0) is 10.0 Å². The number of nitrogen functional groups attached to an aromatic ring is 1. The summed E-state index contributed by atoms with van der Waals surface area (Å²) >= 11 is 1.74. The second-order valence-corrected chi connectivity index (χ2v) is 8.04. The van der Waals surface area contributed by atoms with Crippen LogP contribution in [0.5, 0.6) is 0 Å². The van der Waals surface area contributed by atoms with E-state index >= 15 is 0 Å². The van der Waals surface area contributed by atoms with E-state index in [4.69, 9.17) is 10.8 Å². The Morgan fingerprint density at radius 1 is 1.43 bits per heavy atom. The number of nitrogens with two attached hydrogens (primary N) is 1. The zero-order valence-corrected chi connectivity index (χ0v) is 13.0. The van der Waals surface area contributed by atoms with Gasteiger partial charge in [-0.1, -0.05) is 6.42 Å². The van der Waals surface area contributed by atoms with Crippen LogP contribution in [0, 0.1) is 0 Å². The third kappa shape index (κ3) is 4.12. The molecule has 1 aromatic rings. The molecule has 0 saturated carbocycles. The first kappa shape index (κ1) is 16.1. The van der Waals surface area contributed by atoms with Gasteiger partial charge in [-0.15, -0.1) is 0 Å². The lowest BCUT2D eigenvalue weighted by Crippen LogP contribution is -2.32. The molecule has 1 saturated heterocycles. The van der Waals surface area contributed by atoms with E-state index in [0.29, 0.717) is 6.54 Å². The van der Waals surface area contributed by atoms with Crippen LogP contribution in [0.4, 0.5) is 5.69 Å². The average Bonchev–Trinajstić information content (AvgIpc) is 2.46. The first-order valence-corrected chi connectivity index (χ1v) is 9.17. The number of rotatable bonds is 5. The first-order valence-electron chi connectivity index (χ1n) is 6.64. The predicted octanol–water partition coefficient (Wildman–Crippen LogP) is 1.53. The van der Waals surface area contributed by atoms with Crippen LogP contribution in [0.1, 0.15) is 29.6 Å². The maximum Gasteiger partial charge on any atom is 0.337 e. The van der Waals surface area contributed by atoms with E-state index < -0.39 is 16.0 Å². The number of thioether (sulfide) groups is 1. The number of nitrogens with one attached hydrogen (secondary N) is 1. The van der Waals surface area contributed by atoms with Crippen LogP contribution >= 0.6 is 11.8 Å². The number of aromatic carboxylic acids is 1. The lowest BCUT2D eigenvalue weighted by molar-refractivity contribution is 0.0692. The van der Waals surface area contributed by atoms with E-state index in [1.54, 1.807) is 11.8 Å². The third-order valence-electron chi connectivity index (χ3n) is 3.30. The summed E-state index contributed by atoms with van der Waals surface area (Å²) in [6, 6.07) is 3.76. The molecule has 8 heteroatoms. The molecule has 0 spiro atoms. The molecular formula is C13H18N2O4S2. The van der Waals surface area contributed by atoms with E-state index in [1.165, 1.54) is 18.2 Å². The quantitative estimate of drug-likeness (QED) is 0.706. The second kappa shape index (κ2) is 6.67. The summed E-state index contributed by atoms with van der Waals surface area (Å²) in [5.41, 5.74) is 5.52. The van der Waals surface area contributed by atoms with Gasteiger partial charge in [0.25, 0.3) is 0 Å². The van der Waals surface area contributed by atoms with Crippen molar-refractivity contribution in [2.75, 3.05) is 18.0 Å². The maximum absolute atomic E-state index is 12.3. The van der Waals surface area contributed by atoms with E-state index in [9.17, 15) is 13.2 Å². The van der Waals surface area contributed by atoms with E-state index in [-0.39, 0.29) is 21.4 Å². The van der Waals surface area contributed by atoms with Crippen LogP contribution in [0.15, 0.2) is 23.1 Å². The predicted molar refractivity (Wildman–Crippen MR) is 83.1 cm³/mol. The SMILES string of the molecule is Nc1ccc(C(=O)O)c(S(=O)(=O)NCC2CCCCS2)c1. The highest BCUT2D eigenvalue weighted by Gasteiger charge is 2.24. The standard InChI is InChI=1S/C13H18N2O4S2/c14-9-4-5-11(13(16)17)12(7-9)21(18,19)15-8-10-3-1-2-6-20-10/h4-5,7,10,15H,1-3,6,8,14H2,(H,16,17). The molecule has 0 bridgehead atoms. The highest BCUT2D eigenvalue weighted by Crippen LogP contribution is 2.25. The fourth-order valence-electron chi connectivity index (χ4n) is 2.19. The van der Waals surface area contributed by atoms with Gasteiger partial charge in [0.05, 0.1) is 10.5 Å². The Bertz CT molecular complexity index is 625. The van der Waals surface area contributed by atoms with Crippen molar-refractivity contribution in [1.29, 1.82) is 0 Å². The minimum atomic E-state index is -3.88. The molecule has 2 rings (SSSR count). The Morgan fingerprint density at radius 2 is 2.19 bits per heavy atom. The number of hydrogen-bond acceptors (Lipinski definition) is 5. The maximum atomic E-state index is 12.3. The van der Waals surface area contributed by atoms with Gasteiger partial charge < -0.3 is 10.8 Å². The average molecular weight is 330 g/mol. The zero-order chi connectivity index (χ0) is 15.5. The lowest BCUT2D eigenvalue weighted by Gasteiger charge is -2.21. The summed E-state index contributed by atoms with van der Waals surface area (Å²) in [5, 5.41) is 9.34. The van der Waals surface area contributed by atoms with E-state index in [1.807, 2.05) is 0 Å². The summed E-state index contributed by atoms with van der Waals surface area (Å²) in [7, 11) is -3.88. The van der Waals surface area contributed by atoms with Crippen molar-refractivity contribution in [3.63, 3.8) is 0 Å². The van der Waals surface area contributed by atoms with Crippen molar-refractivity contribution in [2.24, 2.45) is 0 Å². The van der Waals surface area contributed by atoms with Crippen molar-refractivity contribution in [3.05, 3.63) is 23.8 Å². The van der Waals surface area contributed by atoms with Gasteiger partial charge in [0.15, 0.2) is 0 Å². The molecule has 1 aliphatic heterocycles. The number of carboxylic acids is 1. The summed E-state index contributed by atoms with van der Waals surface area (Å²) in [4.78, 5) is 10.9. The van der Waals surface area contributed by atoms with Gasteiger partial charge in [0, 0.05) is 17.5 Å². The first-order chi connectivity index (χ1) is 9.90. The Kier molecular flexibility index (Phi) is 5.13. The Labute approximate surface area is 128 Å². The molecule has 1 aliphatic rings. The van der Waals surface area contributed by atoms with Crippen molar-refractivity contribution in [2.45, 2.75) is 29.4 Å². The number of carboxylic acid groups (broad SMARTS) is 1. The molecule has 1 aromatic carbocycles. The van der Waals surface area contributed by atoms with Gasteiger partial charge >= 0.3 is 5.97 Å². The molecule has 6 nitrogen and oxygen atoms in total. The molecule has 1 unspecified atom stereocenters. The van der Waals surface area contributed by atoms with Gasteiger partial charge in [-0.25, -0.2) is 17.9 Å². The Balaban J connectivity index is 2.18. The van der Waals surface area contributed by atoms with Gasteiger partial charge in [-0.05, 0) is 36.8 Å². The molecule has 4 N–H and O–H groups in total. The minimum Gasteiger partial charge on any atom is -0.478 e. The third-order valence-corrected chi connectivity index (χ3v) is 6.16. The minimum absolute atomic E-state index is 0.215. The smallest absolute Gasteiger partial charge is 0.337 e. The molecule has 1 fully saturated rings. The van der Waals surface area contributed by atoms with E-state index in [0.717, 1.165) is 25.0 Å². The molecule has 1 heterocycles. The van der Waals surface area contributed by atoms with Gasteiger partial charge in [-0.2, -0.15) is 11.8 Å². The van der Waals surface area contributed by atoms with Gasteiger partial charge in [0.1, 0.15) is 0 Å². The van der Waals surface area contributed by atoms with Crippen molar-refractivity contribution in [3.8, 4) is 0 Å². The van der Waals surface area contributed by atoms with E-state index in [2.05, 4.69) is 4.72 Å². The topological polar surface area (TPSA) is 109 Å². The molecule has 21 heavy (non-hydrogen) atoms. The van der Waals surface area contributed by atoms with Gasteiger partial charge in [-0.3, -0.25) is 0 Å². The second-order valence-electron chi connectivity index (χ2n) is 4.90. The van der Waals surface area contributed by atoms with Crippen molar-refractivity contribution >= 4 is 33.4 Å². The molecule has 0 radical (unpaired) electrons. The van der Waals surface area contributed by atoms with Crippen molar-refractivity contribution in [1.82, 2.24) is 4.72 Å². The molecular weight excluding hydrogens is 312 g/mol. The Hall–Kier alpha value is -1.25. The molecule has 0 aromatic heterocycles. The fourth-order valence-corrected chi connectivity index (χ4v) is 4.84. The van der Waals surface area contributed by atoms with Crippen molar-refractivity contribution < 1.29 is 18.3 Å². The molecule has 116 valence electrons. The van der Waals surface area contributed by atoms with Crippen LogP contribution in [0.2, 0.25) is 0 Å². The summed E-state index contributed by atoms with van der Waals surface area (Å²) in [5.74, 6) is -0.257. The summed E-state index contributed by atoms with van der Waals surface area (Å²) < 4.78 is 27.1. The normalized spacial score (nSPS) is 19.3. The zero-order valence-electron chi connectivity index (χ0n) is 11.4. The van der Waals surface area contributed by atoms with Crippen LogP contribution in [0.3, 0.4) is 0 Å². The van der Waals surface area contributed by atoms with Crippen LogP contribution in [-0.4, -0.2) is 37.0 Å². The fraction of sp³-hybridized carbons (Fsp3) is 0.462. The Morgan fingerprint density at radius 3 is 2.81 bits per heavy atom. The summed E-state index contributed by atoms with van der Waals surface area (Å²) in [6.07, 6.45) is 3.22. The summed E-state index contributed by atoms with van der Waals surface area (Å²) in [6.45, 7) is 0.306. The lowest BCUT2D eigenvalue weighted by atomic mass is 10.2. The molecule has 1 atom stereocenters.